The van der Waals surface area contributed by atoms with Crippen molar-refractivity contribution < 1.29 is 14.6 Å². The number of hydrogen-bond donors (Lipinski definition) is 1. The number of aliphatic carboxylic acids is 1. The number of carbonyl (C=O) groups is 1. The minimum absolute atomic E-state index is 0.214. The first-order valence-corrected chi connectivity index (χ1v) is 5.50. The van der Waals surface area contributed by atoms with Gasteiger partial charge in [-0.25, -0.2) is 0 Å². The summed E-state index contributed by atoms with van der Waals surface area (Å²) >= 11 is 0. The van der Waals surface area contributed by atoms with Crippen LogP contribution in [0.5, 0.6) is 5.75 Å². The number of ether oxygens (including phenoxy) is 1. The van der Waals surface area contributed by atoms with Crippen molar-refractivity contribution in [3.8, 4) is 5.75 Å². The van der Waals surface area contributed by atoms with Crippen molar-refractivity contribution in [1.29, 1.82) is 0 Å². The quantitative estimate of drug-likeness (QED) is 0.805. The Bertz CT molecular complexity index is 330. The molecule has 0 saturated carbocycles. The highest BCUT2D eigenvalue weighted by Crippen LogP contribution is 2.18. The van der Waals surface area contributed by atoms with Crippen molar-refractivity contribution >= 4 is 5.97 Å². The van der Waals surface area contributed by atoms with Crippen LogP contribution in [0, 0.1) is 5.92 Å². The van der Waals surface area contributed by atoms with E-state index in [2.05, 4.69) is 0 Å². The van der Waals surface area contributed by atoms with Crippen LogP contribution in [0.2, 0.25) is 0 Å². The topological polar surface area (TPSA) is 46.5 Å². The SMILES string of the molecule is CCC(CC(=O)O)Cc1ccc(OC)cc1. The molecule has 0 bridgehead atoms. The van der Waals surface area contributed by atoms with Gasteiger partial charge in [0.15, 0.2) is 0 Å². The van der Waals surface area contributed by atoms with Crippen LogP contribution >= 0.6 is 0 Å². The van der Waals surface area contributed by atoms with Crippen molar-refractivity contribution in [2.24, 2.45) is 5.92 Å². The van der Waals surface area contributed by atoms with Crippen LogP contribution in [0.1, 0.15) is 25.3 Å². The lowest BCUT2D eigenvalue weighted by atomic mass is 9.94. The van der Waals surface area contributed by atoms with Gasteiger partial charge in [0, 0.05) is 6.42 Å². The second-order valence-electron chi connectivity index (χ2n) is 3.92. The van der Waals surface area contributed by atoms with E-state index in [0.717, 1.165) is 24.2 Å². The zero-order valence-corrected chi connectivity index (χ0v) is 9.77. The summed E-state index contributed by atoms with van der Waals surface area (Å²) in [7, 11) is 1.63. The van der Waals surface area contributed by atoms with Crippen molar-refractivity contribution in [3.63, 3.8) is 0 Å². The number of carboxylic acid groups (broad SMARTS) is 1. The Morgan fingerprint density at radius 2 is 2.00 bits per heavy atom. The lowest BCUT2D eigenvalue weighted by Gasteiger charge is -2.12. The third kappa shape index (κ3) is 3.93. The molecule has 0 radical (unpaired) electrons. The maximum atomic E-state index is 10.6. The highest BCUT2D eigenvalue weighted by Gasteiger charge is 2.11. The highest BCUT2D eigenvalue weighted by molar-refractivity contribution is 5.67. The van der Waals surface area contributed by atoms with Crippen LogP contribution in [0.15, 0.2) is 24.3 Å². The predicted octanol–water partition coefficient (Wildman–Crippen LogP) is 2.74. The van der Waals surface area contributed by atoms with Gasteiger partial charge in [-0.2, -0.15) is 0 Å². The Labute approximate surface area is 96.1 Å². The van der Waals surface area contributed by atoms with Crippen molar-refractivity contribution in [2.75, 3.05) is 7.11 Å². The third-order valence-electron chi connectivity index (χ3n) is 2.72. The first-order chi connectivity index (χ1) is 7.65. The van der Waals surface area contributed by atoms with Gasteiger partial charge in [0.25, 0.3) is 0 Å². The van der Waals surface area contributed by atoms with Gasteiger partial charge in [-0.15, -0.1) is 0 Å². The van der Waals surface area contributed by atoms with E-state index in [-0.39, 0.29) is 12.3 Å². The summed E-state index contributed by atoms with van der Waals surface area (Å²) in [6, 6.07) is 7.79. The molecule has 0 aliphatic rings. The van der Waals surface area contributed by atoms with E-state index in [0.29, 0.717) is 0 Å². The number of rotatable bonds is 6. The molecule has 1 aromatic carbocycles. The Hall–Kier alpha value is -1.51. The largest absolute Gasteiger partial charge is 0.497 e. The summed E-state index contributed by atoms with van der Waals surface area (Å²) in [6.45, 7) is 2.02. The molecule has 0 heterocycles. The highest BCUT2D eigenvalue weighted by atomic mass is 16.5. The molecule has 0 aliphatic carbocycles. The summed E-state index contributed by atoms with van der Waals surface area (Å²) < 4.78 is 5.07. The van der Waals surface area contributed by atoms with Crippen LogP contribution in [-0.2, 0) is 11.2 Å². The van der Waals surface area contributed by atoms with Crippen molar-refractivity contribution in [3.05, 3.63) is 29.8 Å². The predicted molar refractivity (Wildman–Crippen MR) is 62.7 cm³/mol. The van der Waals surface area contributed by atoms with Gasteiger partial charge in [0.2, 0.25) is 0 Å². The minimum atomic E-state index is -0.722. The maximum Gasteiger partial charge on any atom is 0.303 e. The van der Waals surface area contributed by atoms with Gasteiger partial charge in [-0.1, -0.05) is 25.5 Å². The zero-order valence-electron chi connectivity index (χ0n) is 9.77. The van der Waals surface area contributed by atoms with Gasteiger partial charge < -0.3 is 9.84 Å². The molecule has 0 saturated heterocycles. The molecule has 0 aliphatic heterocycles. The average Bonchev–Trinajstić information content (AvgIpc) is 2.28. The van der Waals surface area contributed by atoms with Gasteiger partial charge >= 0.3 is 5.97 Å². The van der Waals surface area contributed by atoms with Gasteiger partial charge in [-0.05, 0) is 30.0 Å². The summed E-state index contributed by atoms with van der Waals surface area (Å²) in [6.07, 6.45) is 1.94. The van der Waals surface area contributed by atoms with Gasteiger partial charge in [-0.3, -0.25) is 4.79 Å². The third-order valence-corrected chi connectivity index (χ3v) is 2.72. The molecule has 88 valence electrons. The molecule has 1 aromatic rings. The Morgan fingerprint density at radius 1 is 1.38 bits per heavy atom. The molecular formula is C13H18O3. The summed E-state index contributed by atoms with van der Waals surface area (Å²) in [5.41, 5.74) is 1.16. The zero-order chi connectivity index (χ0) is 12.0. The molecule has 3 nitrogen and oxygen atoms in total. The maximum absolute atomic E-state index is 10.6. The summed E-state index contributed by atoms with van der Waals surface area (Å²) in [5, 5.41) is 8.76. The molecule has 1 N–H and O–H groups in total. The average molecular weight is 222 g/mol. The molecule has 1 rings (SSSR count). The van der Waals surface area contributed by atoms with E-state index in [9.17, 15) is 4.79 Å². The van der Waals surface area contributed by atoms with Crippen molar-refractivity contribution in [1.82, 2.24) is 0 Å². The van der Waals surface area contributed by atoms with E-state index in [1.54, 1.807) is 7.11 Å². The molecule has 3 heteroatoms. The molecule has 16 heavy (non-hydrogen) atoms. The Balaban J connectivity index is 2.59. The number of benzene rings is 1. The lowest BCUT2D eigenvalue weighted by molar-refractivity contribution is -0.138. The second kappa shape index (κ2) is 6.16. The summed E-state index contributed by atoms with van der Waals surface area (Å²) in [4.78, 5) is 10.6. The number of methoxy groups -OCH3 is 1. The van der Waals surface area contributed by atoms with Gasteiger partial charge in [0.1, 0.15) is 5.75 Å². The van der Waals surface area contributed by atoms with Crippen LogP contribution in [0.25, 0.3) is 0 Å². The normalized spacial score (nSPS) is 12.1. The first kappa shape index (κ1) is 12.6. The van der Waals surface area contributed by atoms with Crippen LogP contribution in [-0.4, -0.2) is 18.2 Å². The smallest absolute Gasteiger partial charge is 0.303 e. The fraction of sp³-hybridized carbons (Fsp3) is 0.462. The standard InChI is InChI=1S/C13H18O3/c1-3-10(9-13(14)15)8-11-4-6-12(16-2)7-5-11/h4-7,10H,3,8-9H2,1-2H3,(H,14,15). The lowest BCUT2D eigenvalue weighted by Crippen LogP contribution is -2.09. The van der Waals surface area contributed by atoms with E-state index in [1.807, 2.05) is 31.2 Å². The fourth-order valence-corrected chi connectivity index (χ4v) is 1.70. The molecule has 0 aromatic heterocycles. The van der Waals surface area contributed by atoms with Crippen LogP contribution in [0.4, 0.5) is 0 Å². The van der Waals surface area contributed by atoms with E-state index in [1.165, 1.54) is 0 Å². The number of hydrogen-bond acceptors (Lipinski definition) is 2. The molecule has 0 amide bonds. The fourth-order valence-electron chi connectivity index (χ4n) is 1.70. The molecule has 1 unspecified atom stereocenters. The minimum Gasteiger partial charge on any atom is -0.497 e. The van der Waals surface area contributed by atoms with Crippen LogP contribution in [0.3, 0.4) is 0 Å². The first-order valence-electron chi connectivity index (χ1n) is 5.50. The van der Waals surface area contributed by atoms with E-state index in [4.69, 9.17) is 9.84 Å². The monoisotopic (exact) mass is 222 g/mol. The van der Waals surface area contributed by atoms with Crippen molar-refractivity contribution in [2.45, 2.75) is 26.2 Å². The van der Waals surface area contributed by atoms with Crippen LogP contribution < -0.4 is 4.74 Å². The Morgan fingerprint density at radius 3 is 2.44 bits per heavy atom. The molecule has 0 fully saturated rings. The molecule has 1 atom stereocenters. The Kier molecular flexibility index (Phi) is 4.83. The van der Waals surface area contributed by atoms with E-state index < -0.39 is 5.97 Å². The molecular weight excluding hydrogens is 204 g/mol. The summed E-state index contributed by atoms with van der Waals surface area (Å²) in [5.74, 6) is 0.321. The second-order valence-corrected chi connectivity index (χ2v) is 3.92. The van der Waals surface area contributed by atoms with Gasteiger partial charge in [0.05, 0.1) is 7.11 Å². The number of carboxylic acids is 1. The van der Waals surface area contributed by atoms with E-state index >= 15 is 0 Å². The molecule has 0 spiro atoms.